The van der Waals surface area contributed by atoms with E-state index in [-0.39, 0.29) is 0 Å². The highest BCUT2D eigenvalue weighted by molar-refractivity contribution is 7.10. The van der Waals surface area contributed by atoms with Crippen LogP contribution in [0.3, 0.4) is 0 Å². The summed E-state index contributed by atoms with van der Waals surface area (Å²) in [6.45, 7) is 6.29. The van der Waals surface area contributed by atoms with Crippen molar-refractivity contribution in [1.82, 2.24) is 14.8 Å². The molecular weight excluding hydrogens is 280 g/mol. The molecule has 0 bridgehead atoms. The highest BCUT2D eigenvalue weighted by Crippen LogP contribution is 2.17. The Labute approximate surface area is 129 Å². The maximum absolute atomic E-state index is 8.86. The SMILES string of the molecule is N#Cc1csc(CN2CCN(Cc3cccnc3)CC2)c1. The van der Waals surface area contributed by atoms with Gasteiger partial charge in [-0.1, -0.05) is 6.07 Å². The molecule has 0 unspecified atom stereocenters. The van der Waals surface area contributed by atoms with Gasteiger partial charge in [0.15, 0.2) is 0 Å². The van der Waals surface area contributed by atoms with Gasteiger partial charge < -0.3 is 0 Å². The Balaban J connectivity index is 1.48. The number of thiophene rings is 1. The van der Waals surface area contributed by atoms with Gasteiger partial charge in [-0.2, -0.15) is 5.26 Å². The summed E-state index contributed by atoms with van der Waals surface area (Å²) in [6.07, 6.45) is 3.76. The molecule has 1 aliphatic heterocycles. The molecular formula is C16H18N4S. The number of piperazine rings is 1. The molecule has 3 rings (SSSR count). The largest absolute Gasteiger partial charge is 0.296 e. The van der Waals surface area contributed by atoms with Crippen molar-refractivity contribution in [1.29, 1.82) is 5.26 Å². The Morgan fingerprint density at radius 1 is 1.19 bits per heavy atom. The van der Waals surface area contributed by atoms with Gasteiger partial charge in [0.2, 0.25) is 0 Å². The summed E-state index contributed by atoms with van der Waals surface area (Å²) in [4.78, 5) is 10.4. The fraction of sp³-hybridized carbons (Fsp3) is 0.375. The Kier molecular flexibility index (Phi) is 4.61. The van der Waals surface area contributed by atoms with E-state index >= 15 is 0 Å². The highest BCUT2D eigenvalue weighted by atomic mass is 32.1. The van der Waals surface area contributed by atoms with Crippen LogP contribution in [0.4, 0.5) is 0 Å². The van der Waals surface area contributed by atoms with E-state index in [4.69, 9.17) is 5.26 Å². The van der Waals surface area contributed by atoms with Gasteiger partial charge in [-0.15, -0.1) is 11.3 Å². The lowest BCUT2D eigenvalue weighted by atomic mass is 10.2. The molecule has 108 valence electrons. The molecule has 1 fully saturated rings. The second-order valence-electron chi connectivity index (χ2n) is 5.33. The maximum atomic E-state index is 8.86. The Morgan fingerprint density at radius 3 is 2.57 bits per heavy atom. The molecule has 4 nitrogen and oxygen atoms in total. The molecule has 0 aliphatic carbocycles. The van der Waals surface area contributed by atoms with Crippen LogP contribution in [0.1, 0.15) is 16.0 Å². The minimum atomic E-state index is 0.783. The van der Waals surface area contributed by atoms with Crippen LogP contribution in [0.25, 0.3) is 0 Å². The average Bonchev–Trinajstić information content (AvgIpc) is 2.98. The van der Waals surface area contributed by atoms with Gasteiger partial charge in [0.1, 0.15) is 6.07 Å². The van der Waals surface area contributed by atoms with Crippen LogP contribution in [-0.2, 0) is 13.1 Å². The molecule has 0 amide bonds. The fourth-order valence-corrected chi connectivity index (χ4v) is 3.45. The third-order valence-corrected chi connectivity index (χ3v) is 4.68. The standard InChI is InChI=1S/C16H18N4S/c17-9-15-8-16(21-13-15)12-20-6-4-19(5-7-20)11-14-2-1-3-18-10-14/h1-3,8,10,13H,4-7,11-12H2. The number of pyridine rings is 1. The molecule has 0 N–H and O–H groups in total. The first-order valence-corrected chi connectivity index (χ1v) is 8.02. The van der Waals surface area contributed by atoms with Crippen LogP contribution in [0, 0.1) is 11.3 Å². The van der Waals surface area contributed by atoms with E-state index in [2.05, 4.69) is 26.9 Å². The van der Waals surface area contributed by atoms with Crippen molar-refractivity contribution in [3.05, 3.63) is 52.0 Å². The lowest BCUT2D eigenvalue weighted by Gasteiger charge is -2.34. The summed E-state index contributed by atoms with van der Waals surface area (Å²) >= 11 is 1.69. The molecule has 2 aromatic heterocycles. The molecule has 0 radical (unpaired) electrons. The first-order valence-electron chi connectivity index (χ1n) is 7.14. The number of nitrogens with zero attached hydrogens (tertiary/aromatic N) is 4. The van der Waals surface area contributed by atoms with E-state index in [1.54, 1.807) is 11.3 Å². The summed E-state index contributed by atoms with van der Waals surface area (Å²) in [5, 5.41) is 10.8. The summed E-state index contributed by atoms with van der Waals surface area (Å²) in [7, 11) is 0. The zero-order chi connectivity index (χ0) is 14.5. The van der Waals surface area contributed by atoms with Gasteiger partial charge in [0.05, 0.1) is 5.56 Å². The van der Waals surface area contributed by atoms with Crippen molar-refractivity contribution in [3.63, 3.8) is 0 Å². The number of hydrogen-bond donors (Lipinski definition) is 0. The third kappa shape index (κ3) is 3.88. The van der Waals surface area contributed by atoms with Crippen molar-refractivity contribution in [2.75, 3.05) is 26.2 Å². The van der Waals surface area contributed by atoms with Crippen LogP contribution in [-0.4, -0.2) is 41.0 Å². The normalized spacial score (nSPS) is 16.7. The van der Waals surface area contributed by atoms with Gasteiger partial charge in [-0.05, 0) is 17.7 Å². The topological polar surface area (TPSA) is 43.2 Å². The van der Waals surface area contributed by atoms with E-state index in [1.165, 1.54) is 10.4 Å². The maximum Gasteiger partial charge on any atom is 0.100 e. The van der Waals surface area contributed by atoms with Crippen LogP contribution in [0.5, 0.6) is 0 Å². The molecule has 0 atom stereocenters. The molecule has 3 heterocycles. The Bertz CT molecular complexity index is 609. The molecule has 0 spiro atoms. The predicted molar refractivity (Wildman–Crippen MR) is 83.8 cm³/mol. The van der Waals surface area contributed by atoms with E-state index < -0.39 is 0 Å². The van der Waals surface area contributed by atoms with Gasteiger partial charge >= 0.3 is 0 Å². The second kappa shape index (κ2) is 6.81. The van der Waals surface area contributed by atoms with E-state index in [0.717, 1.165) is 44.8 Å². The van der Waals surface area contributed by atoms with Crippen LogP contribution in [0.2, 0.25) is 0 Å². The molecule has 21 heavy (non-hydrogen) atoms. The minimum Gasteiger partial charge on any atom is -0.296 e. The molecule has 2 aromatic rings. The molecule has 1 aliphatic rings. The number of rotatable bonds is 4. The van der Waals surface area contributed by atoms with Crippen LogP contribution < -0.4 is 0 Å². The zero-order valence-electron chi connectivity index (χ0n) is 11.9. The summed E-state index contributed by atoms with van der Waals surface area (Å²) in [5.74, 6) is 0. The third-order valence-electron chi connectivity index (χ3n) is 3.76. The van der Waals surface area contributed by atoms with Gasteiger partial charge in [-0.3, -0.25) is 14.8 Å². The predicted octanol–water partition coefficient (Wildman–Crippen LogP) is 2.33. The number of aromatic nitrogens is 1. The van der Waals surface area contributed by atoms with Crippen molar-refractivity contribution in [3.8, 4) is 6.07 Å². The zero-order valence-corrected chi connectivity index (χ0v) is 12.7. The minimum absolute atomic E-state index is 0.783. The first kappa shape index (κ1) is 14.2. The molecule has 0 aromatic carbocycles. The smallest absolute Gasteiger partial charge is 0.100 e. The lowest BCUT2D eigenvalue weighted by molar-refractivity contribution is 0.122. The monoisotopic (exact) mass is 298 g/mol. The molecule has 0 saturated carbocycles. The summed E-state index contributed by atoms with van der Waals surface area (Å²) in [5.41, 5.74) is 2.06. The van der Waals surface area contributed by atoms with Crippen molar-refractivity contribution >= 4 is 11.3 Å². The van der Waals surface area contributed by atoms with E-state index in [0.29, 0.717) is 0 Å². The van der Waals surface area contributed by atoms with Crippen molar-refractivity contribution in [2.45, 2.75) is 13.1 Å². The second-order valence-corrected chi connectivity index (χ2v) is 6.32. The Hall–Kier alpha value is -1.74. The van der Waals surface area contributed by atoms with Crippen molar-refractivity contribution < 1.29 is 0 Å². The lowest BCUT2D eigenvalue weighted by Crippen LogP contribution is -2.45. The number of hydrogen-bond acceptors (Lipinski definition) is 5. The van der Waals surface area contributed by atoms with Gasteiger partial charge in [-0.25, -0.2) is 0 Å². The quantitative estimate of drug-likeness (QED) is 0.869. The van der Waals surface area contributed by atoms with Gasteiger partial charge in [0.25, 0.3) is 0 Å². The fourth-order valence-electron chi connectivity index (χ4n) is 2.60. The number of nitriles is 1. The first-order chi connectivity index (χ1) is 10.3. The molecule has 1 saturated heterocycles. The van der Waals surface area contributed by atoms with Gasteiger partial charge in [0, 0.05) is 61.9 Å². The van der Waals surface area contributed by atoms with Crippen molar-refractivity contribution in [2.24, 2.45) is 0 Å². The average molecular weight is 298 g/mol. The molecule has 5 heteroatoms. The summed E-state index contributed by atoms with van der Waals surface area (Å²) in [6, 6.07) is 8.33. The van der Waals surface area contributed by atoms with E-state index in [9.17, 15) is 0 Å². The van der Waals surface area contributed by atoms with Crippen LogP contribution in [0.15, 0.2) is 36.0 Å². The Morgan fingerprint density at radius 2 is 1.95 bits per heavy atom. The summed E-state index contributed by atoms with van der Waals surface area (Å²) < 4.78 is 0. The van der Waals surface area contributed by atoms with Crippen LogP contribution >= 0.6 is 11.3 Å². The highest BCUT2D eigenvalue weighted by Gasteiger charge is 2.17. The van der Waals surface area contributed by atoms with E-state index in [1.807, 2.05) is 29.9 Å².